The molecule has 0 aliphatic rings. The Kier molecular flexibility index (Phi) is 4.20. The van der Waals surface area contributed by atoms with Gasteiger partial charge < -0.3 is 9.84 Å². The monoisotopic (exact) mass is 321 g/mol. The number of nitrogens with zero attached hydrogens (tertiary/aromatic N) is 2. The molecule has 120 valence electrons. The summed E-state index contributed by atoms with van der Waals surface area (Å²) < 4.78 is 4.94. The van der Waals surface area contributed by atoms with Crippen LogP contribution in [0, 0.1) is 6.92 Å². The van der Waals surface area contributed by atoms with E-state index < -0.39 is 0 Å². The van der Waals surface area contributed by atoms with Gasteiger partial charge in [0.1, 0.15) is 0 Å². The van der Waals surface area contributed by atoms with Crippen LogP contribution in [0.2, 0.25) is 0 Å². The van der Waals surface area contributed by atoms with Crippen molar-refractivity contribution < 1.29 is 14.1 Å². The van der Waals surface area contributed by atoms with Crippen molar-refractivity contribution >= 4 is 17.4 Å². The first-order valence-electron chi connectivity index (χ1n) is 7.36. The van der Waals surface area contributed by atoms with E-state index in [0.29, 0.717) is 28.5 Å². The number of aryl methyl sites for hydroxylation is 1. The number of hydrogen-bond acceptors (Lipinski definition) is 5. The van der Waals surface area contributed by atoms with E-state index in [-0.39, 0.29) is 11.7 Å². The van der Waals surface area contributed by atoms with Crippen LogP contribution in [-0.4, -0.2) is 21.8 Å². The third-order valence-electron chi connectivity index (χ3n) is 3.46. The van der Waals surface area contributed by atoms with E-state index in [4.69, 9.17) is 4.52 Å². The van der Waals surface area contributed by atoms with Crippen molar-refractivity contribution in [3.8, 4) is 11.4 Å². The summed E-state index contributed by atoms with van der Waals surface area (Å²) in [6.07, 6.45) is 0. The van der Waals surface area contributed by atoms with E-state index in [1.165, 1.54) is 6.92 Å². The number of rotatable bonds is 4. The summed E-state index contributed by atoms with van der Waals surface area (Å²) >= 11 is 0. The van der Waals surface area contributed by atoms with Crippen LogP contribution in [-0.2, 0) is 0 Å². The Morgan fingerprint density at radius 3 is 2.42 bits per heavy atom. The molecule has 3 rings (SSSR count). The van der Waals surface area contributed by atoms with E-state index in [0.717, 1.165) is 5.56 Å². The molecule has 0 aliphatic carbocycles. The summed E-state index contributed by atoms with van der Waals surface area (Å²) in [4.78, 5) is 27.8. The van der Waals surface area contributed by atoms with E-state index >= 15 is 0 Å². The number of hydrogen-bond donors (Lipinski definition) is 1. The van der Waals surface area contributed by atoms with Crippen molar-refractivity contribution in [2.75, 3.05) is 5.32 Å². The normalized spacial score (nSPS) is 10.4. The number of amides is 1. The van der Waals surface area contributed by atoms with Crippen LogP contribution < -0.4 is 5.32 Å². The predicted octanol–water partition coefficient (Wildman–Crippen LogP) is 3.50. The molecule has 2 aromatic carbocycles. The Morgan fingerprint density at radius 1 is 1.04 bits per heavy atom. The molecule has 24 heavy (non-hydrogen) atoms. The van der Waals surface area contributed by atoms with Gasteiger partial charge in [0.05, 0.1) is 0 Å². The van der Waals surface area contributed by atoms with Gasteiger partial charge in [-0.3, -0.25) is 9.59 Å². The molecule has 1 aromatic heterocycles. The zero-order valence-corrected chi connectivity index (χ0v) is 13.2. The summed E-state index contributed by atoms with van der Waals surface area (Å²) in [5, 5.41) is 6.61. The van der Waals surface area contributed by atoms with Crippen molar-refractivity contribution in [3.63, 3.8) is 0 Å². The molecule has 3 aromatic rings. The topological polar surface area (TPSA) is 85.1 Å². The van der Waals surface area contributed by atoms with Gasteiger partial charge in [-0.2, -0.15) is 4.98 Å². The van der Waals surface area contributed by atoms with Gasteiger partial charge in [-0.1, -0.05) is 29.4 Å². The minimum absolute atomic E-state index is 0.0501. The number of benzene rings is 2. The van der Waals surface area contributed by atoms with Gasteiger partial charge in [0.15, 0.2) is 5.78 Å². The number of aromatic nitrogens is 2. The highest BCUT2D eigenvalue weighted by Gasteiger charge is 2.10. The molecule has 0 saturated carbocycles. The summed E-state index contributed by atoms with van der Waals surface area (Å²) in [7, 11) is 0. The SMILES string of the molecule is CC(=O)c1cccc(NC(=O)c2ccc(-c3noc(C)n3)cc2)c1. The Hall–Kier alpha value is -3.28. The van der Waals surface area contributed by atoms with E-state index in [9.17, 15) is 9.59 Å². The van der Waals surface area contributed by atoms with Crippen LogP contribution in [0.1, 0.15) is 33.5 Å². The van der Waals surface area contributed by atoms with E-state index in [1.54, 1.807) is 55.5 Å². The van der Waals surface area contributed by atoms with Gasteiger partial charge in [0.25, 0.3) is 5.91 Å². The Morgan fingerprint density at radius 2 is 1.79 bits per heavy atom. The second-order valence-corrected chi connectivity index (χ2v) is 5.31. The average Bonchev–Trinajstić information content (AvgIpc) is 3.01. The largest absolute Gasteiger partial charge is 0.339 e. The highest BCUT2D eigenvalue weighted by molar-refractivity contribution is 6.05. The third-order valence-corrected chi connectivity index (χ3v) is 3.46. The summed E-state index contributed by atoms with van der Waals surface area (Å²) in [5.74, 6) is 0.656. The second-order valence-electron chi connectivity index (χ2n) is 5.31. The molecule has 0 atom stereocenters. The minimum Gasteiger partial charge on any atom is -0.339 e. The number of anilines is 1. The molecule has 6 heteroatoms. The quantitative estimate of drug-likeness (QED) is 0.743. The first-order valence-corrected chi connectivity index (χ1v) is 7.36. The summed E-state index contributed by atoms with van der Waals surface area (Å²) in [6, 6.07) is 13.7. The van der Waals surface area contributed by atoms with Crippen LogP contribution in [0.15, 0.2) is 53.1 Å². The number of nitrogens with one attached hydrogen (secondary N) is 1. The predicted molar refractivity (Wildman–Crippen MR) is 88.9 cm³/mol. The maximum atomic E-state index is 12.3. The standard InChI is InChI=1S/C18H15N3O3/c1-11(22)15-4-3-5-16(10-15)20-18(23)14-8-6-13(7-9-14)17-19-12(2)24-21-17/h3-10H,1-2H3,(H,20,23). The van der Waals surface area contributed by atoms with Crippen molar-refractivity contribution in [1.82, 2.24) is 10.1 Å². The minimum atomic E-state index is -0.258. The fourth-order valence-electron chi connectivity index (χ4n) is 2.21. The lowest BCUT2D eigenvalue weighted by Crippen LogP contribution is -2.12. The van der Waals surface area contributed by atoms with Gasteiger partial charge in [0, 0.05) is 29.3 Å². The second kappa shape index (κ2) is 6.45. The lowest BCUT2D eigenvalue weighted by Gasteiger charge is -2.06. The van der Waals surface area contributed by atoms with Gasteiger partial charge in [-0.05, 0) is 31.2 Å². The number of carbonyl (C=O) groups is 2. The molecular formula is C18H15N3O3. The molecule has 1 amide bonds. The van der Waals surface area contributed by atoms with Gasteiger partial charge in [-0.15, -0.1) is 0 Å². The van der Waals surface area contributed by atoms with E-state index in [1.807, 2.05) is 0 Å². The molecule has 0 radical (unpaired) electrons. The molecule has 0 bridgehead atoms. The summed E-state index contributed by atoms with van der Waals surface area (Å²) in [5.41, 5.74) is 2.38. The molecular weight excluding hydrogens is 306 g/mol. The van der Waals surface area contributed by atoms with Crippen LogP contribution >= 0.6 is 0 Å². The fraction of sp³-hybridized carbons (Fsp3) is 0.111. The van der Waals surface area contributed by atoms with Crippen molar-refractivity contribution in [2.24, 2.45) is 0 Å². The molecule has 1 N–H and O–H groups in total. The maximum absolute atomic E-state index is 12.3. The van der Waals surface area contributed by atoms with Crippen molar-refractivity contribution in [2.45, 2.75) is 13.8 Å². The van der Waals surface area contributed by atoms with Crippen molar-refractivity contribution in [3.05, 3.63) is 65.5 Å². The fourth-order valence-corrected chi connectivity index (χ4v) is 2.21. The molecule has 0 saturated heterocycles. The van der Waals surface area contributed by atoms with E-state index in [2.05, 4.69) is 15.5 Å². The first kappa shape index (κ1) is 15.6. The molecule has 0 spiro atoms. The van der Waals surface area contributed by atoms with Crippen LogP contribution in [0.25, 0.3) is 11.4 Å². The Bertz CT molecular complexity index is 898. The lowest BCUT2D eigenvalue weighted by atomic mass is 10.1. The van der Waals surface area contributed by atoms with Gasteiger partial charge in [0.2, 0.25) is 11.7 Å². The third kappa shape index (κ3) is 3.38. The smallest absolute Gasteiger partial charge is 0.255 e. The first-order chi connectivity index (χ1) is 11.5. The van der Waals surface area contributed by atoms with Gasteiger partial charge in [-0.25, -0.2) is 0 Å². The Labute approximate surface area is 138 Å². The summed E-state index contributed by atoms with van der Waals surface area (Å²) in [6.45, 7) is 3.20. The molecule has 0 unspecified atom stereocenters. The van der Waals surface area contributed by atoms with Crippen LogP contribution in [0.5, 0.6) is 0 Å². The number of Topliss-reactive ketones (excluding diaryl/α,β-unsaturated/α-hetero) is 1. The van der Waals surface area contributed by atoms with Crippen molar-refractivity contribution in [1.29, 1.82) is 0 Å². The van der Waals surface area contributed by atoms with Gasteiger partial charge >= 0.3 is 0 Å². The maximum Gasteiger partial charge on any atom is 0.255 e. The molecule has 0 aliphatic heterocycles. The molecule has 0 fully saturated rings. The number of ketones is 1. The average molecular weight is 321 g/mol. The lowest BCUT2D eigenvalue weighted by molar-refractivity contribution is 0.101. The molecule has 6 nitrogen and oxygen atoms in total. The van der Waals surface area contributed by atoms with Crippen LogP contribution in [0.4, 0.5) is 5.69 Å². The highest BCUT2D eigenvalue weighted by Crippen LogP contribution is 2.18. The Balaban J connectivity index is 1.76. The zero-order chi connectivity index (χ0) is 17.1. The molecule has 1 heterocycles. The number of carbonyl (C=O) groups excluding carboxylic acids is 2. The zero-order valence-electron chi connectivity index (χ0n) is 13.2. The van der Waals surface area contributed by atoms with Crippen LogP contribution in [0.3, 0.4) is 0 Å². The highest BCUT2D eigenvalue weighted by atomic mass is 16.5.